The van der Waals surface area contributed by atoms with Crippen molar-refractivity contribution in [2.75, 3.05) is 6.26 Å². The number of nitrogens with one attached hydrogen (secondary N) is 1. The lowest BCUT2D eigenvalue weighted by Crippen LogP contribution is -1.98. The fraction of sp³-hybridized carbons (Fsp3) is 0.318. The van der Waals surface area contributed by atoms with Gasteiger partial charge in [-0.15, -0.1) is 0 Å². The van der Waals surface area contributed by atoms with Crippen LogP contribution in [0.3, 0.4) is 0 Å². The third-order valence-corrected chi connectivity index (χ3v) is 6.42. The number of pyridine rings is 1. The molecule has 4 nitrogen and oxygen atoms in total. The molecule has 1 saturated carbocycles. The van der Waals surface area contributed by atoms with E-state index in [2.05, 4.69) is 28.2 Å². The first-order valence-electron chi connectivity index (χ1n) is 9.38. The summed E-state index contributed by atoms with van der Waals surface area (Å²) in [7, 11) is -3.19. The van der Waals surface area contributed by atoms with E-state index in [-0.39, 0.29) is 0 Å². The van der Waals surface area contributed by atoms with E-state index in [1.165, 1.54) is 31.9 Å². The lowest BCUT2D eigenvalue weighted by molar-refractivity contribution is 0.602. The minimum absolute atomic E-state index is 0.348. The van der Waals surface area contributed by atoms with Crippen LogP contribution in [-0.4, -0.2) is 24.6 Å². The number of sulfone groups is 1. The standard InChI is InChI=1S/C22H24N2O2S/c1-15-11-18-13-21(24-22(18)23-14-15)20(12-16-5-3-4-6-16)17-7-9-19(10-8-17)27(2,25)26/h7-14,16H,3-6H2,1-2H3,(H,23,24)/b20-12+. The highest BCUT2D eigenvalue weighted by Gasteiger charge is 2.17. The van der Waals surface area contributed by atoms with Crippen molar-refractivity contribution in [1.82, 2.24) is 9.97 Å². The zero-order chi connectivity index (χ0) is 19.0. The van der Waals surface area contributed by atoms with Crippen molar-refractivity contribution in [3.8, 4) is 0 Å². The Bertz CT molecular complexity index is 1100. The Hall–Kier alpha value is -2.40. The van der Waals surface area contributed by atoms with Gasteiger partial charge in [-0.2, -0.15) is 0 Å². The predicted molar refractivity (Wildman–Crippen MR) is 109 cm³/mol. The Labute approximate surface area is 160 Å². The molecule has 0 bridgehead atoms. The molecule has 0 atom stereocenters. The van der Waals surface area contributed by atoms with Crippen LogP contribution < -0.4 is 0 Å². The van der Waals surface area contributed by atoms with E-state index in [1.54, 1.807) is 12.1 Å². The molecule has 3 aromatic rings. The highest BCUT2D eigenvalue weighted by atomic mass is 32.2. The highest BCUT2D eigenvalue weighted by Crippen LogP contribution is 2.33. The Morgan fingerprint density at radius 1 is 1.15 bits per heavy atom. The zero-order valence-electron chi connectivity index (χ0n) is 15.7. The molecule has 0 amide bonds. The van der Waals surface area contributed by atoms with Crippen LogP contribution in [0.15, 0.2) is 53.6 Å². The first kappa shape index (κ1) is 18.0. The quantitative estimate of drug-likeness (QED) is 0.700. The van der Waals surface area contributed by atoms with Gasteiger partial charge in [0.1, 0.15) is 5.65 Å². The molecule has 4 rings (SSSR count). The summed E-state index contributed by atoms with van der Waals surface area (Å²) in [5.41, 5.74) is 5.19. The number of hydrogen-bond acceptors (Lipinski definition) is 3. The summed E-state index contributed by atoms with van der Waals surface area (Å²) in [5.74, 6) is 0.565. The number of nitrogens with zero attached hydrogens (tertiary/aromatic N) is 1. The summed E-state index contributed by atoms with van der Waals surface area (Å²) >= 11 is 0. The summed E-state index contributed by atoms with van der Waals surface area (Å²) in [6.45, 7) is 2.04. The second-order valence-corrected chi connectivity index (χ2v) is 9.57. The number of aryl methyl sites for hydroxylation is 1. The van der Waals surface area contributed by atoms with Crippen LogP contribution in [0.4, 0.5) is 0 Å². The molecular formula is C22H24N2O2S. The van der Waals surface area contributed by atoms with Crippen molar-refractivity contribution in [2.24, 2.45) is 5.92 Å². The van der Waals surface area contributed by atoms with Crippen LogP contribution in [0.1, 0.15) is 42.5 Å². The number of fused-ring (bicyclic) bond motifs is 1. The van der Waals surface area contributed by atoms with Gasteiger partial charge in [-0.1, -0.05) is 31.1 Å². The topological polar surface area (TPSA) is 62.8 Å². The van der Waals surface area contributed by atoms with E-state index in [1.807, 2.05) is 25.3 Å². The van der Waals surface area contributed by atoms with Crippen molar-refractivity contribution in [3.63, 3.8) is 0 Å². The molecule has 1 aliphatic carbocycles. The largest absolute Gasteiger partial charge is 0.339 e. The summed E-state index contributed by atoms with van der Waals surface area (Å²) in [5, 5.41) is 1.09. The number of rotatable bonds is 4. The lowest BCUT2D eigenvalue weighted by Gasteiger charge is -2.11. The van der Waals surface area contributed by atoms with Crippen molar-refractivity contribution in [1.29, 1.82) is 0 Å². The SMILES string of the molecule is Cc1cnc2[nH]c(/C(=C/C3CCCC3)c3ccc(S(C)(=O)=O)cc3)cc2c1. The van der Waals surface area contributed by atoms with Crippen molar-refractivity contribution < 1.29 is 8.42 Å². The second-order valence-electron chi connectivity index (χ2n) is 7.55. The Kier molecular flexibility index (Phi) is 4.64. The maximum absolute atomic E-state index is 11.8. The zero-order valence-corrected chi connectivity index (χ0v) is 16.5. The van der Waals surface area contributed by atoms with E-state index < -0.39 is 9.84 Å². The lowest BCUT2D eigenvalue weighted by atomic mass is 9.96. The first-order valence-corrected chi connectivity index (χ1v) is 11.3. The van der Waals surface area contributed by atoms with Gasteiger partial charge in [0.05, 0.1) is 4.90 Å². The molecule has 2 aromatic heterocycles. The molecule has 0 unspecified atom stereocenters. The van der Waals surface area contributed by atoms with Gasteiger partial charge in [0.2, 0.25) is 0 Å². The minimum Gasteiger partial charge on any atom is -0.339 e. The fourth-order valence-electron chi connectivity index (χ4n) is 3.85. The monoisotopic (exact) mass is 380 g/mol. The molecule has 1 aliphatic rings. The Morgan fingerprint density at radius 3 is 2.52 bits per heavy atom. The van der Waals surface area contributed by atoms with Crippen LogP contribution in [-0.2, 0) is 9.84 Å². The third kappa shape index (κ3) is 3.83. The van der Waals surface area contributed by atoms with Crippen LogP contribution in [0, 0.1) is 12.8 Å². The molecule has 0 radical (unpaired) electrons. The molecule has 1 aromatic carbocycles. The number of aromatic amines is 1. The van der Waals surface area contributed by atoms with Crippen molar-refractivity contribution >= 4 is 26.4 Å². The molecule has 140 valence electrons. The normalized spacial score (nSPS) is 16.3. The van der Waals surface area contributed by atoms with Gasteiger partial charge >= 0.3 is 0 Å². The van der Waals surface area contributed by atoms with Crippen LogP contribution in [0.25, 0.3) is 16.6 Å². The van der Waals surface area contributed by atoms with Crippen molar-refractivity contribution in [2.45, 2.75) is 37.5 Å². The number of allylic oxidation sites excluding steroid dienone is 1. The first-order chi connectivity index (χ1) is 12.9. The van der Waals surface area contributed by atoms with Crippen LogP contribution >= 0.6 is 0 Å². The van der Waals surface area contributed by atoms with E-state index in [9.17, 15) is 8.42 Å². The van der Waals surface area contributed by atoms with Gasteiger partial charge < -0.3 is 4.98 Å². The fourth-order valence-corrected chi connectivity index (χ4v) is 4.48. The molecule has 1 fully saturated rings. The summed E-state index contributed by atoms with van der Waals surface area (Å²) in [6.07, 6.45) is 10.4. The van der Waals surface area contributed by atoms with E-state index in [0.29, 0.717) is 10.8 Å². The summed E-state index contributed by atoms with van der Waals surface area (Å²) in [4.78, 5) is 8.28. The van der Waals surface area contributed by atoms with E-state index in [0.717, 1.165) is 33.4 Å². The summed E-state index contributed by atoms with van der Waals surface area (Å²) in [6, 6.07) is 11.5. The van der Waals surface area contributed by atoms with Gasteiger partial charge in [0.25, 0.3) is 0 Å². The van der Waals surface area contributed by atoms with Crippen LogP contribution in [0.5, 0.6) is 0 Å². The number of hydrogen-bond donors (Lipinski definition) is 1. The molecule has 1 N–H and O–H groups in total. The van der Waals surface area contributed by atoms with Gasteiger partial charge in [-0.3, -0.25) is 0 Å². The number of benzene rings is 1. The molecule has 27 heavy (non-hydrogen) atoms. The predicted octanol–water partition coefficient (Wildman–Crippen LogP) is 4.90. The molecule has 5 heteroatoms. The van der Waals surface area contributed by atoms with Crippen molar-refractivity contribution in [3.05, 3.63) is 65.5 Å². The average Bonchev–Trinajstić information content (AvgIpc) is 3.28. The molecular weight excluding hydrogens is 356 g/mol. The van der Waals surface area contributed by atoms with E-state index in [4.69, 9.17) is 0 Å². The minimum atomic E-state index is -3.19. The second kappa shape index (κ2) is 6.97. The highest BCUT2D eigenvalue weighted by molar-refractivity contribution is 7.90. The average molecular weight is 381 g/mol. The Morgan fingerprint density at radius 2 is 1.85 bits per heavy atom. The molecule has 0 spiro atoms. The molecule has 0 aliphatic heterocycles. The number of aromatic nitrogens is 2. The maximum atomic E-state index is 11.8. The molecule has 0 saturated heterocycles. The maximum Gasteiger partial charge on any atom is 0.175 e. The van der Waals surface area contributed by atoms with Crippen LogP contribution in [0.2, 0.25) is 0 Å². The third-order valence-electron chi connectivity index (χ3n) is 5.29. The van der Waals surface area contributed by atoms with Gasteiger partial charge in [0.15, 0.2) is 9.84 Å². The number of H-pyrrole nitrogens is 1. The van der Waals surface area contributed by atoms with E-state index >= 15 is 0 Å². The Balaban J connectivity index is 1.81. The van der Waals surface area contributed by atoms with Gasteiger partial charge in [-0.05, 0) is 61.1 Å². The smallest absolute Gasteiger partial charge is 0.175 e. The van der Waals surface area contributed by atoms with Gasteiger partial charge in [-0.25, -0.2) is 13.4 Å². The molecule has 2 heterocycles. The van der Waals surface area contributed by atoms with Gasteiger partial charge in [0, 0.05) is 29.1 Å². The summed E-state index contributed by atoms with van der Waals surface area (Å²) < 4.78 is 23.6.